The number of nitrogens with zero attached hydrogens (tertiary/aromatic N) is 1. The molecule has 2 N–H and O–H groups in total. The normalized spacial score (nSPS) is 14.5. The van der Waals surface area contributed by atoms with Gasteiger partial charge in [-0.3, -0.25) is 9.59 Å². The van der Waals surface area contributed by atoms with Crippen molar-refractivity contribution in [2.45, 2.75) is 57.5 Å². The lowest BCUT2D eigenvalue weighted by Crippen LogP contribution is -2.47. The zero-order valence-corrected chi connectivity index (χ0v) is 19.7. The van der Waals surface area contributed by atoms with Gasteiger partial charge in [-0.25, -0.2) is 8.42 Å². The van der Waals surface area contributed by atoms with Crippen molar-refractivity contribution in [1.29, 1.82) is 0 Å². The van der Waals surface area contributed by atoms with Gasteiger partial charge in [0.25, 0.3) is 0 Å². The first-order valence-electron chi connectivity index (χ1n) is 10.5. The van der Waals surface area contributed by atoms with E-state index in [4.69, 9.17) is 0 Å². The fourth-order valence-electron chi connectivity index (χ4n) is 3.64. The summed E-state index contributed by atoms with van der Waals surface area (Å²) in [7, 11) is -3.90. The molecule has 9 heteroatoms. The minimum absolute atomic E-state index is 0.0203. The Hall–Kier alpha value is -2.23. The second kappa shape index (κ2) is 9.93. The molecule has 0 spiro atoms. The molecule has 2 aromatic rings. The number of fused-ring (bicyclic) bond motifs is 1. The molecule has 2 heterocycles. The van der Waals surface area contributed by atoms with Crippen molar-refractivity contribution in [3.63, 3.8) is 0 Å². The number of amides is 2. The van der Waals surface area contributed by atoms with E-state index in [9.17, 15) is 18.0 Å². The van der Waals surface area contributed by atoms with E-state index in [0.717, 1.165) is 16.1 Å². The van der Waals surface area contributed by atoms with Gasteiger partial charge in [-0.2, -0.15) is 4.72 Å². The summed E-state index contributed by atoms with van der Waals surface area (Å²) in [5.74, 6) is -0.188. The Balaban J connectivity index is 1.76. The van der Waals surface area contributed by atoms with Crippen molar-refractivity contribution in [2.24, 2.45) is 5.92 Å². The first-order chi connectivity index (χ1) is 14.7. The maximum Gasteiger partial charge on any atom is 0.241 e. The third kappa shape index (κ3) is 5.72. The molecule has 168 valence electrons. The van der Waals surface area contributed by atoms with Crippen molar-refractivity contribution in [3.05, 3.63) is 46.2 Å². The molecule has 2 amide bonds. The van der Waals surface area contributed by atoms with Crippen LogP contribution in [0.4, 0.5) is 5.69 Å². The maximum atomic E-state index is 13.1. The predicted octanol–water partition coefficient (Wildman–Crippen LogP) is 3.06. The average molecular weight is 464 g/mol. The second-order valence-electron chi connectivity index (χ2n) is 8.04. The quantitative estimate of drug-likeness (QED) is 0.597. The summed E-state index contributed by atoms with van der Waals surface area (Å²) in [6.45, 7) is 6.62. The Kier molecular flexibility index (Phi) is 7.51. The van der Waals surface area contributed by atoms with Crippen LogP contribution in [0.5, 0.6) is 0 Å². The summed E-state index contributed by atoms with van der Waals surface area (Å²) in [6, 6.07) is 7.75. The van der Waals surface area contributed by atoms with Gasteiger partial charge in [-0.1, -0.05) is 26.8 Å². The lowest BCUT2D eigenvalue weighted by atomic mass is 10.0. The molecule has 0 saturated carbocycles. The Labute approximate surface area is 187 Å². The first kappa shape index (κ1) is 23.4. The molecule has 1 aromatic heterocycles. The Bertz CT molecular complexity index is 1030. The summed E-state index contributed by atoms with van der Waals surface area (Å²) in [4.78, 5) is 27.6. The highest BCUT2D eigenvalue weighted by atomic mass is 32.2. The number of carbonyl (C=O) groups is 2. The van der Waals surface area contributed by atoms with E-state index in [2.05, 4.69) is 10.0 Å². The Morgan fingerprint density at radius 3 is 2.65 bits per heavy atom. The molecular formula is C22H29N3O4S2. The molecule has 1 unspecified atom stereocenters. The van der Waals surface area contributed by atoms with E-state index in [1.807, 2.05) is 31.4 Å². The largest absolute Gasteiger partial charge is 0.350 e. The van der Waals surface area contributed by atoms with Gasteiger partial charge in [0, 0.05) is 23.5 Å². The molecule has 0 saturated heterocycles. The lowest BCUT2D eigenvalue weighted by molar-refractivity contribution is -0.123. The van der Waals surface area contributed by atoms with E-state index in [-0.39, 0.29) is 22.6 Å². The SMILES string of the molecule is CCC(=O)N1CCc2cc(S(=O)(=O)NC(CC(C)C)C(=O)NCc3cccs3)ccc21. The highest BCUT2D eigenvalue weighted by molar-refractivity contribution is 7.89. The molecule has 31 heavy (non-hydrogen) atoms. The van der Waals surface area contributed by atoms with E-state index in [1.165, 1.54) is 17.4 Å². The van der Waals surface area contributed by atoms with E-state index < -0.39 is 16.1 Å². The number of nitrogens with one attached hydrogen (secondary N) is 2. The fraction of sp³-hybridized carbons (Fsp3) is 0.455. The van der Waals surface area contributed by atoms with Gasteiger partial charge in [-0.05, 0) is 54.0 Å². The van der Waals surface area contributed by atoms with Crippen LogP contribution in [0, 0.1) is 5.92 Å². The number of rotatable bonds is 9. The molecule has 3 rings (SSSR count). The van der Waals surface area contributed by atoms with Crippen molar-refractivity contribution in [2.75, 3.05) is 11.4 Å². The average Bonchev–Trinajstić information content (AvgIpc) is 3.39. The Morgan fingerprint density at radius 2 is 2.00 bits per heavy atom. The van der Waals surface area contributed by atoms with Crippen LogP contribution >= 0.6 is 11.3 Å². The van der Waals surface area contributed by atoms with E-state index >= 15 is 0 Å². The smallest absolute Gasteiger partial charge is 0.241 e. The van der Waals surface area contributed by atoms with Gasteiger partial charge in [0.15, 0.2) is 0 Å². The van der Waals surface area contributed by atoms with Crippen LogP contribution in [0.25, 0.3) is 0 Å². The highest BCUT2D eigenvalue weighted by Crippen LogP contribution is 2.30. The standard InChI is InChI=1S/C22H29N3O4S2/c1-4-21(26)25-10-9-16-13-18(7-8-20(16)25)31(28,29)24-19(12-15(2)3)22(27)23-14-17-6-5-11-30-17/h5-8,11,13,15,19,24H,4,9-10,12,14H2,1-3H3,(H,23,27). The first-order valence-corrected chi connectivity index (χ1v) is 12.8. The van der Waals surface area contributed by atoms with Crippen LogP contribution in [-0.2, 0) is 32.6 Å². The Morgan fingerprint density at radius 1 is 1.23 bits per heavy atom. The van der Waals surface area contributed by atoms with Gasteiger partial charge in [0.1, 0.15) is 6.04 Å². The van der Waals surface area contributed by atoms with Crippen LogP contribution in [0.3, 0.4) is 0 Å². The van der Waals surface area contributed by atoms with Crippen LogP contribution in [0.1, 0.15) is 44.1 Å². The van der Waals surface area contributed by atoms with E-state index in [1.54, 1.807) is 24.0 Å². The van der Waals surface area contributed by atoms with Crippen LogP contribution in [0.15, 0.2) is 40.6 Å². The molecule has 7 nitrogen and oxygen atoms in total. The molecule has 1 aliphatic rings. The zero-order chi connectivity index (χ0) is 22.6. The number of anilines is 1. The van der Waals surface area contributed by atoms with Crippen LogP contribution in [0.2, 0.25) is 0 Å². The molecule has 1 atom stereocenters. The number of carbonyl (C=O) groups excluding carboxylic acids is 2. The van der Waals surface area contributed by atoms with Crippen LogP contribution < -0.4 is 14.9 Å². The molecule has 1 aromatic carbocycles. The summed E-state index contributed by atoms with van der Waals surface area (Å²) in [6.07, 6.45) is 1.40. The number of hydrogen-bond acceptors (Lipinski definition) is 5. The van der Waals surface area contributed by atoms with Crippen molar-refractivity contribution in [3.8, 4) is 0 Å². The lowest BCUT2D eigenvalue weighted by Gasteiger charge is -2.21. The van der Waals surface area contributed by atoms with Crippen molar-refractivity contribution >= 4 is 38.9 Å². The van der Waals surface area contributed by atoms with Crippen molar-refractivity contribution in [1.82, 2.24) is 10.0 Å². The minimum Gasteiger partial charge on any atom is -0.350 e. The highest BCUT2D eigenvalue weighted by Gasteiger charge is 2.29. The van der Waals surface area contributed by atoms with E-state index in [0.29, 0.717) is 32.4 Å². The summed E-state index contributed by atoms with van der Waals surface area (Å²) >= 11 is 1.53. The summed E-state index contributed by atoms with van der Waals surface area (Å²) < 4.78 is 28.7. The molecule has 0 bridgehead atoms. The van der Waals surface area contributed by atoms with Gasteiger partial charge in [-0.15, -0.1) is 11.3 Å². The minimum atomic E-state index is -3.90. The molecular weight excluding hydrogens is 434 g/mol. The van der Waals surface area contributed by atoms with Gasteiger partial charge >= 0.3 is 0 Å². The molecule has 0 aliphatic carbocycles. The van der Waals surface area contributed by atoms with Crippen LogP contribution in [-0.4, -0.2) is 32.8 Å². The molecule has 1 aliphatic heterocycles. The van der Waals surface area contributed by atoms with Gasteiger partial charge in [0.2, 0.25) is 21.8 Å². The third-order valence-corrected chi connectivity index (χ3v) is 7.54. The predicted molar refractivity (Wildman–Crippen MR) is 123 cm³/mol. The number of hydrogen-bond donors (Lipinski definition) is 2. The van der Waals surface area contributed by atoms with Gasteiger partial charge in [0.05, 0.1) is 11.4 Å². The van der Waals surface area contributed by atoms with Gasteiger partial charge < -0.3 is 10.2 Å². The topological polar surface area (TPSA) is 95.6 Å². The maximum absolute atomic E-state index is 13.1. The fourth-order valence-corrected chi connectivity index (χ4v) is 5.54. The zero-order valence-electron chi connectivity index (χ0n) is 18.1. The summed E-state index contributed by atoms with van der Waals surface area (Å²) in [5.41, 5.74) is 1.59. The number of sulfonamides is 1. The molecule has 0 fully saturated rings. The van der Waals surface area contributed by atoms with Crippen molar-refractivity contribution < 1.29 is 18.0 Å². The third-order valence-electron chi connectivity index (χ3n) is 5.20. The summed E-state index contributed by atoms with van der Waals surface area (Å²) in [5, 5.41) is 4.76. The monoisotopic (exact) mass is 463 g/mol. The number of thiophene rings is 1. The number of benzene rings is 1. The molecule has 0 radical (unpaired) electrons. The second-order valence-corrected chi connectivity index (χ2v) is 10.8.